The Bertz CT molecular complexity index is 1440. The lowest BCUT2D eigenvalue weighted by molar-refractivity contribution is 0.0992. The smallest absolute Gasteiger partial charge is 0.292 e. The van der Waals surface area contributed by atoms with E-state index < -0.39 is 0 Å². The first-order valence-electron chi connectivity index (χ1n) is 11.2. The molecule has 170 valence electrons. The van der Waals surface area contributed by atoms with Crippen molar-refractivity contribution in [1.29, 1.82) is 0 Å². The number of aromatic nitrogens is 2. The third kappa shape index (κ3) is 4.57. The van der Waals surface area contributed by atoms with Crippen LogP contribution in [0, 0.1) is 13.8 Å². The zero-order valence-corrected chi connectivity index (χ0v) is 19.1. The van der Waals surface area contributed by atoms with Crippen molar-refractivity contribution < 1.29 is 13.9 Å². The van der Waals surface area contributed by atoms with E-state index in [1.165, 1.54) is 16.3 Å². The van der Waals surface area contributed by atoms with Crippen molar-refractivity contribution in [3.8, 4) is 5.75 Å². The fourth-order valence-electron chi connectivity index (χ4n) is 4.05. The summed E-state index contributed by atoms with van der Waals surface area (Å²) in [6.07, 6.45) is 1.85. The number of hydrogen-bond acceptors (Lipinski definition) is 4. The maximum absolute atomic E-state index is 12.7. The van der Waals surface area contributed by atoms with Crippen molar-refractivity contribution in [1.82, 2.24) is 9.78 Å². The molecule has 5 aromatic rings. The predicted molar refractivity (Wildman–Crippen MR) is 132 cm³/mol. The highest BCUT2D eigenvalue weighted by Gasteiger charge is 2.14. The molecule has 1 N–H and O–H groups in total. The minimum atomic E-state index is -0.353. The number of fused-ring (bicyclic) bond motifs is 1. The molecule has 6 heteroatoms. The summed E-state index contributed by atoms with van der Waals surface area (Å²) in [7, 11) is 0. The zero-order chi connectivity index (χ0) is 23.5. The minimum absolute atomic E-state index is 0.212. The summed E-state index contributed by atoms with van der Waals surface area (Å²) < 4.78 is 13.4. The number of rotatable bonds is 7. The third-order valence-electron chi connectivity index (χ3n) is 5.75. The SMILES string of the molecule is Cc1cccc(C)c1OCc1ccc(C(=O)Nc2ccn(Cc3cccc4ccccc34)n2)o1. The molecular weight excluding hydrogens is 426 g/mol. The Balaban J connectivity index is 1.22. The van der Waals surface area contributed by atoms with Crippen LogP contribution in [0.15, 0.2) is 89.5 Å². The Morgan fingerprint density at radius 1 is 0.941 bits per heavy atom. The van der Waals surface area contributed by atoms with Gasteiger partial charge in [-0.3, -0.25) is 9.48 Å². The molecule has 0 bridgehead atoms. The molecule has 0 aliphatic carbocycles. The van der Waals surface area contributed by atoms with Crippen LogP contribution in [0.1, 0.15) is 33.0 Å². The van der Waals surface area contributed by atoms with Crippen LogP contribution in [0.4, 0.5) is 5.82 Å². The quantitative estimate of drug-likeness (QED) is 0.323. The number of nitrogens with zero attached hydrogens (tertiary/aromatic N) is 2. The average molecular weight is 452 g/mol. The molecular formula is C28H25N3O3. The Kier molecular flexibility index (Phi) is 5.87. The number of anilines is 1. The number of carbonyl (C=O) groups excluding carboxylic acids is 1. The van der Waals surface area contributed by atoms with Crippen LogP contribution in [0.2, 0.25) is 0 Å². The molecule has 0 aliphatic rings. The van der Waals surface area contributed by atoms with Gasteiger partial charge in [-0.25, -0.2) is 0 Å². The van der Waals surface area contributed by atoms with Crippen molar-refractivity contribution in [2.24, 2.45) is 0 Å². The number of aryl methyl sites for hydroxylation is 2. The first-order chi connectivity index (χ1) is 16.6. The molecule has 6 nitrogen and oxygen atoms in total. The fraction of sp³-hybridized carbons (Fsp3) is 0.143. The summed E-state index contributed by atoms with van der Waals surface area (Å²) in [5, 5.41) is 9.68. The Morgan fingerprint density at radius 2 is 1.71 bits per heavy atom. The van der Waals surface area contributed by atoms with E-state index in [1.807, 2.05) is 61.1 Å². The van der Waals surface area contributed by atoms with Crippen molar-refractivity contribution in [2.45, 2.75) is 27.0 Å². The number of para-hydroxylation sites is 1. The Hall–Kier alpha value is -4.32. The maximum atomic E-state index is 12.7. The number of ether oxygens (including phenoxy) is 1. The van der Waals surface area contributed by atoms with Crippen molar-refractivity contribution >= 4 is 22.5 Å². The van der Waals surface area contributed by atoms with Gasteiger partial charge in [-0.15, -0.1) is 0 Å². The van der Waals surface area contributed by atoms with Crippen molar-refractivity contribution in [3.63, 3.8) is 0 Å². The van der Waals surface area contributed by atoms with Crippen LogP contribution < -0.4 is 10.1 Å². The molecule has 5 rings (SSSR count). The van der Waals surface area contributed by atoms with Crippen LogP contribution in [0.5, 0.6) is 5.75 Å². The van der Waals surface area contributed by atoms with Gasteiger partial charge in [0.1, 0.15) is 18.1 Å². The molecule has 0 atom stereocenters. The number of hydrogen-bond donors (Lipinski definition) is 1. The monoisotopic (exact) mass is 451 g/mol. The third-order valence-corrected chi connectivity index (χ3v) is 5.75. The molecule has 3 aromatic carbocycles. The lowest BCUT2D eigenvalue weighted by Crippen LogP contribution is -2.12. The summed E-state index contributed by atoms with van der Waals surface area (Å²) in [5.41, 5.74) is 3.28. The standard InChI is InChI=1S/C28H25N3O3/c1-19-7-5-8-20(2)27(19)33-18-23-13-14-25(34-23)28(32)29-26-15-16-31(30-26)17-22-11-6-10-21-9-3-4-12-24(21)22/h3-16H,17-18H2,1-2H3,(H,29,30,32). The summed E-state index contributed by atoms with van der Waals surface area (Å²) in [4.78, 5) is 12.7. The molecule has 0 spiro atoms. The molecule has 0 aliphatic heterocycles. The van der Waals surface area contributed by atoms with Gasteiger partial charge in [-0.05, 0) is 53.4 Å². The van der Waals surface area contributed by atoms with Crippen LogP contribution in [-0.4, -0.2) is 15.7 Å². The maximum Gasteiger partial charge on any atom is 0.292 e. The van der Waals surface area contributed by atoms with Crippen LogP contribution >= 0.6 is 0 Å². The van der Waals surface area contributed by atoms with Crippen molar-refractivity contribution in [3.05, 3.63) is 113 Å². The van der Waals surface area contributed by atoms with Gasteiger partial charge in [0.15, 0.2) is 11.6 Å². The van der Waals surface area contributed by atoms with Gasteiger partial charge < -0.3 is 14.5 Å². The lowest BCUT2D eigenvalue weighted by atomic mass is 10.0. The van der Waals surface area contributed by atoms with Crippen molar-refractivity contribution in [2.75, 3.05) is 5.32 Å². The van der Waals surface area contributed by atoms with E-state index in [0.717, 1.165) is 16.9 Å². The van der Waals surface area contributed by atoms with Gasteiger partial charge in [-0.2, -0.15) is 5.10 Å². The average Bonchev–Trinajstić information content (AvgIpc) is 3.49. The van der Waals surface area contributed by atoms with Gasteiger partial charge in [0, 0.05) is 12.3 Å². The number of furan rings is 1. The first kappa shape index (κ1) is 21.5. The summed E-state index contributed by atoms with van der Waals surface area (Å²) in [6.45, 7) is 4.86. The highest BCUT2D eigenvalue weighted by atomic mass is 16.5. The highest BCUT2D eigenvalue weighted by Crippen LogP contribution is 2.24. The summed E-state index contributed by atoms with van der Waals surface area (Å²) in [6, 6.07) is 25.7. The van der Waals surface area contributed by atoms with Gasteiger partial charge >= 0.3 is 0 Å². The lowest BCUT2D eigenvalue weighted by Gasteiger charge is -2.10. The molecule has 0 saturated carbocycles. The molecule has 0 saturated heterocycles. The topological polar surface area (TPSA) is 69.3 Å². The number of amides is 1. The molecule has 0 fully saturated rings. The molecule has 2 aromatic heterocycles. The largest absolute Gasteiger partial charge is 0.485 e. The summed E-state index contributed by atoms with van der Waals surface area (Å²) in [5.74, 6) is 1.74. The van der Waals surface area contributed by atoms with E-state index in [-0.39, 0.29) is 18.3 Å². The number of carbonyl (C=O) groups is 1. The Morgan fingerprint density at radius 3 is 2.56 bits per heavy atom. The van der Waals surface area contributed by atoms with E-state index in [4.69, 9.17) is 9.15 Å². The van der Waals surface area contributed by atoms with Crippen LogP contribution in [0.3, 0.4) is 0 Å². The number of benzene rings is 3. The molecule has 1 amide bonds. The Labute approximate surface area is 197 Å². The fourth-order valence-corrected chi connectivity index (χ4v) is 4.05. The summed E-state index contributed by atoms with van der Waals surface area (Å²) >= 11 is 0. The second-order valence-corrected chi connectivity index (χ2v) is 8.27. The van der Waals surface area contributed by atoms with E-state index in [9.17, 15) is 4.79 Å². The normalized spacial score (nSPS) is 11.0. The van der Waals surface area contributed by atoms with E-state index >= 15 is 0 Å². The van der Waals surface area contributed by atoms with Crippen LogP contribution in [-0.2, 0) is 13.2 Å². The van der Waals surface area contributed by atoms with Gasteiger partial charge in [-0.1, -0.05) is 60.7 Å². The minimum Gasteiger partial charge on any atom is -0.485 e. The second-order valence-electron chi connectivity index (χ2n) is 8.27. The second kappa shape index (κ2) is 9.27. The van der Waals surface area contributed by atoms with Gasteiger partial charge in [0.05, 0.1) is 6.54 Å². The zero-order valence-electron chi connectivity index (χ0n) is 19.1. The highest BCUT2D eigenvalue weighted by molar-refractivity contribution is 6.01. The van der Waals surface area contributed by atoms with E-state index in [0.29, 0.717) is 18.1 Å². The predicted octanol–water partition coefficient (Wildman–Crippen LogP) is 6.13. The van der Waals surface area contributed by atoms with Gasteiger partial charge in [0.2, 0.25) is 0 Å². The van der Waals surface area contributed by atoms with Crippen LogP contribution in [0.25, 0.3) is 10.8 Å². The van der Waals surface area contributed by atoms with E-state index in [1.54, 1.807) is 18.2 Å². The molecule has 0 radical (unpaired) electrons. The van der Waals surface area contributed by atoms with E-state index in [2.05, 4.69) is 34.7 Å². The number of nitrogens with one attached hydrogen (secondary N) is 1. The molecule has 0 unspecified atom stereocenters. The first-order valence-corrected chi connectivity index (χ1v) is 11.2. The molecule has 34 heavy (non-hydrogen) atoms. The van der Waals surface area contributed by atoms with Gasteiger partial charge in [0.25, 0.3) is 5.91 Å². The molecule has 2 heterocycles.